The minimum atomic E-state index is 0.699. The van der Waals surface area contributed by atoms with Gasteiger partial charge in [0, 0.05) is 16.3 Å². The van der Waals surface area contributed by atoms with E-state index in [0.29, 0.717) is 5.82 Å². The lowest BCUT2D eigenvalue weighted by Crippen LogP contribution is -2.06. The highest BCUT2D eigenvalue weighted by molar-refractivity contribution is 7.18. The van der Waals surface area contributed by atoms with Crippen LogP contribution in [0.4, 0.5) is 5.82 Å². The summed E-state index contributed by atoms with van der Waals surface area (Å²) in [5.41, 5.74) is 3.54. The summed E-state index contributed by atoms with van der Waals surface area (Å²) in [6, 6.07) is 17.2. The van der Waals surface area contributed by atoms with Gasteiger partial charge in [0.15, 0.2) is 5.82 Å². The lowest BCUT2D eigenvalue weighted by molar-refractivity contribution is 0.568. The number of nitrogens with one attached hydrogen (secondary N) is 1. The van der Waals surface area contributed by atoms with Gasteiger partial charge in [-0.1, -0.05) is 30.3 Å². The zero-order valence-electron chi connectivity index (χ0n) is 16.6. The van der Waals surface area contributed by atoms with Crippen molar-refractivity contribution in [2.45, 2.75) is 19.8 Å². The molecule has 150 valence electrons. The van der Waals surface area contributed by atoms with Crippen LogP contribution in [0, 0.1) is 6.92 Å². The molecule has 4 heterocycles. The van der Waals surface area contributed by atoms with Crippen molar-refractivity contribution in [2.75, 3.05) is 11.9 Å². The number of hydrogen-bond donors (Lipinski definition) is 1. The minimum absolute atomic E-state index is 0.699. The van der Waals surface area contributed by atoms with Gasteiger partial charge in [-0.25, -0.2) is 9.97 Å². The fourth-order valence-corrected chi connectivity index (χ4v) is 5.09. The molecule has 0 saturated heterocycles. The van der Waals surface area contributed by atoms with Crippen LogP contribution in [-0.2, 0) is 6.42 Å². The minimum Gasteiger partial charge on any atom is -0.472 e. The highest BCUT2D eigenvalue weighted by Crippen LogP contribution is 2.31. The van der Waals surface area contributed by atoms with Crippen molar-refractivity contribution in [1.29, 1.82) is 0 Å². The van der Waals surface area contributed by atoms with E-state index < -0.39 is 0 Å². The molecule has 4 nitrogen and oxygen atoms in total. The Morgan fingerprint density at radius 2 is 1.93 bits per heavy atom. The molecule has 0 aliphatic rings. The van der Waals surface area contributed by atoms with E-state index in [1.54, 1.807) is 35.2 Å². The van der Waals surface area contributed by atoms with Crippen LogP contribution in [-0.4, -0.2) is 16.5 Å². The molecular formula is C24H21N3OS2. The number of nitrogens with zero attached hydrogens (tertiary/aromatic N) is 2. The van der Waals surface area contributed by atoms with Crippen LogP contribution in [0.5, 0.6) is 0 Å². The van der Waals surface area contributed by atoms with Gasteiger partial charge >= 0.3 is 0 Å². The summed E-state index contributed by atoms with van der Waals surface area (Å²) in [6.07, 6.45) is 5.40. The maximum atomic E-state index is 5.21. The molecule has 6 heteroatoms. The van der Waals surface area contributed by atoms with Crippen molar-refractivity contribution in [3.63, 3.8) is 0 Å². The van der Waals surface area contributed by atoms with E-state index in [0.717, 1.165) is 41.0 Å². The van der Waals surface area contributed by atoms with Gasteiger partial charge in [0.25, 0.3) is 0 Å². The molecule has 0 saturated carbocycles. The Morgan fingerprint density at radius 1 is 1.03 bits per heavy atom. The van der Waals surface area contributed by atoms with Crippen molar-refractivity contribution in [3.8, 4) is 21.8 Å². The Hall–Kier alpha value is -2.96. The second-order valence-corrected chi connectivity index (χ2v) is 9.37. The Bertz CT molecular complexity index is 1240. The summed E-state index contributed by atoms with van der Waals surface area (Å²) < 4.78 is 5.21. The van der Waals surface area contributed by atoms with Crippen molar-refractivity contribution >= 4 is 38.7 Å². The van der Waals surface area contributed by atoms with E-state index in [2.05, 4.69) is 60.1 Å². The van der Waals surface area contributed by atoms with Gasteiger partial charge in [-0.05, 0) is 54.5 Å². The van der Waals surface area contributed by atoms with Gasteiger partial charge in [-0.3, -0.25) is 0 Å². The summed E-state index contributed by atoms with van der Waals surface area (Å²) in [6.45, 7) is 2.96. The summed E-state index contributed by atoms with van der Waals surface area (Å²) in [4.78, 5) is 13.0. The number of benzene rings is 1. The van der Waals surface area contributed by atoms with E-state index in [-0.39, 0.29) is 0 Å². The molecule has 0 spiro atoms. The smallest absolute Gasteiger partial charge is 0.166 e. The molecule has 4 aromatic heterocycles. The summed E-state index contributed by atoms with van der Waals surface area (Å²) in [7, 11) is 0. The largest absolute Gasteiger partial charge is 0.472 e. The van der Waals surface area contributed by atoms with Gasteiger partial charge in [0.1, 0.15) is 16.9 Å². The van der Waals surface area contributed by atoms with E-state index in [9.17, 15) is 0 Å². The predicted octanol–water partition coefficient (Wildman–Crippen LogP) is 7.03. The molecule has 0 fully saturated rings. The number of aryl methyl sites for hydroxylation is 2. The standard InChI is InChI=1S/C24H21N3OS2/c1-16-14-20-23(26-22(27-24(20)30-16)19-10-12-28-15-19)25-11-2-4-17-6-8-18(9-7-17)21-5-3-13-29-21/h3,5-10,12-15H,2,4,11H2,1H3,(H,25,26,27). The molecule has 0 radical (unpaired) electrons. The third kappa shape index (κ3) is 4.01. The Labute approximate surface area is 183 Å². The summed E-state index contributed by atoms with van der Waals surface area (Å²) in [5.74, 6) is 1.60. The van der Waals surface area contributed by atoms with Crippen molar-refractivity contribution in [3.05, 3.63) is 76.9 Å². The fourth-order valence-electron chi connectivity index (χ4n) is 3.48. The SMILES string of the molecule is Cc1cc2c(NCCCc3ccc(-c4cccs4)cc3)nc(-c3ccoc3)nc2s1. The van der Waals surface area contributed by atoms with Crippen LogP contribution in [0.2, 0.25) is 0 Å². The average molecular weight is 432 g/mol. The molecule has 1 N–H and O–H groups in total. The van der Waals surface area contributed by atoms with Crippen LogP contribution in [0.15, 0.2) is 70.9 Å². The maximum Gasteiger partial charge on any atom is 0.166 e. The number of anilines is 1. The third-order valence-corrected chi connectivity index (χ3v) is 6.85. The quantitative estimate of drug-likeness (QED) is 0.281. The van der Waals surface area contributed by atoms with E-state index in [4.69, 9.17) is 14.4 Å². The van der Waals surface area contributed by atoms with Gasteiger partial charge in [-0.15, -0.1) is 22.7 Å². The third-order valence-electron chi connectivity index (χ3n) is 4.99. The monoisotopic (exact) mass is 431 g/mol. The second-order valence-electron chi connectivity index (χ2n) is 7.19. The zero-order chi connectivity index (χ0) is 20.3. The Kier molecular flexibility index (Phi) is 5.34. The first-order valence-electron chi connectivity index (χ1n) is 9.94. The number of fused-ring (bicyclic) bond motifs is 1. The maximum absolute atomic E-state index is 5.21. The van der Waals surface area contributed by atoms with E-state index in [1.807, 2.05) is 6.07 Å². The Balaban J connectivity index is 1.26. The first kappa shape index (κ1) is 19.0. The predicted molar refractivity (Wildman–Crippen MR) is 126 cm³/mol. The van der Waals surface area contributed by atoms with Gasteiger partial charge < -0.3 is 9.73 Å². The molecule has 5 rings (SSSR count). The molecular weight excluding hydrogens is 410 g/mol. The Morgan fingerprint density at radius 3 is 2.70 bits per heavy atom. The zero-order valence-corrected chi connectivity index (χ0v) is 18.2. The van der Waals surface area contributed by atoms with Crippen LogP contribution < -0.4 is 5.32 Å². The molecule has 0 bridgehead atoms. The van der Waals surface area contributed by atoms with Gasteiger partial charge in [0.05, 0.1) is 17.2 Å². The number of rotatable bonds is 7. The molecule has 1 aromatic carbocycles. The number of hydrogen-bond acceptors (Lipinski definition) is 6. The van der Waals surface area contributed by atoms with Crippen molar-refractivity contribution < 1.29 is 4.42 Å². The van der Waals surface area contributed by atoms with Crippen LogP contribution in [0.1, 0.15) is 16.9 Å². The van der Waals surface area contributed by atoms with Gasteiger partial charge in [-0.2, -0.15) is 0 Å². The molecule has 0 amide bonds. The summed E-state index contributed by atoms with van der Waals surface area (Å²) in [5, 5.41) is 6.74. The lowest BCUT2D eigenvalue weighted by Gasteiger charge is -2.09. The highest BCUT2D eigenvalue weighted by atomic mass is 32.1. The molecule has 30 heavy (non-hydrogen) atoms. The first-order valence-corrected chi connectivity index (χ1v) is 11.6. The highest BCUT2D eigenvalue weighted by Gasteiger charge is 2.12. The normalized spacial score (nSPS) is 11.2. The number of aromatic nitrogens is 2. The number of thiophene rings is 2. The molecule has 0 aliphatic carbocycles. The molecule has 0 aliphatic heterocycles. The average Bonchev–Trinajstić information content (AvgIpc) is 3.52. The van der Waals surface area contributed by atoms with Crippen molar-refractivity contribution in [1.82, 2.24) is 9.97 Å². The van der Waals surface area contributed by atoms with Gasteiger partial charge in [0.2, 0.25) is 0 Å². The topological polar surface area (TPSA) is 51.0 Å². The summed E-state index contributed by atoms with van der Waals surface area (Å²) >= 11 is 3.47. The first-order chi connectivity index (χ1) is 14.8. The molecule has 5 aromatic rings. The number of furan rings is 1. The molecule has 0 unspecified atom stereocenters. The van der Waals surface area contributed by atoms with Crippen LogP contribution >= 0.6 is 22.7 Å². The lowest BCUT2D eigenvalue weighted by atomic mass is 10.1. The van der Waals surface area contributed by atoms with E-state index in [1.165, 1.54) is 20.9 Å². The fraction of sp³-hybridized carbons (Fsp3) is 0.167. The van der Waals surface area contributed by atoms with Crippen molar-refractivity contribution in [2.24, 2.45) is 0 Å². The second kappa shape index (κ2) is 8.42. The molecule has 0 atom stereocenters. The van der Waals surface area contributed by atoms with E-state index >= 15 is 0 Å². The van der Waals surface area contributed by atoms with Crippen LogP contribution in [0.3, 0.4) is 0 Å². The van der Waals surface area contributed by atoms with Crippen LogP contribution in [0.25, 0.3) is 32.0 Å².